The number of hydrogen-bond donors (Lipinski definition) is 0. The molecule has 0 unspecified atom stereocenters. The Labute approximate surface area is 175 Å². The average molecular weight is 408 g/mol. The molecular formula is C23H25FN4O2. The van der Waals surface area contributed by atoms with Crippen molar-refractivity contribution in [2.45, 2.75) is 19.5 Å². The Balaban J connectivity index is 1.41. The highest BCUT2D eigenvalue weighted by molar-refractivity contribution is 5.40. The molecule has 4 heterocycles. The van der Waals surface area contributed by atoms with Crippen LogP contribution in [0, 0.1) is 24.6 Å². The zero-order valence-electron chi connectivity index (χ0n) is 17.2. The fraction of sp³-hybridized carbons (Fsp3) is 0.391. The first-order valence-corrected chi connectivity index (χ1v) is 10.3. The second-order valence-corrected chi connectivity index (χ2v) is 8.24. The minimum atomic E-state index is -0.233. The zero-order valence-corrected chi connectivity index (χ0v) is 17.2. The predicted molar refractivity (Wildman–Crippen MR) is 110 cm³/mol. The van der Waals surface area contributed by atoms with Crippen molar-refractivity contribution in [3.8, 4) is 11.6 Å². The average Bonchev–Trinajstić information content (AvgIpc) is 3.30. The van der Waals surface area contributed by atoms with E-state index >= 15 is 0 Å². The lowest BCUT2D eigenvalue weighted by Gasteiger charge is -2.34. The van der Waals surface area contributed by atoms with Gasteiger partial charge >= 0.3 is 0 Å². The number of benzene rings is 1. The molecule has 2 aromatic heterocycles. The van der Waals surface area contributed by atoms with Crippen molar-refractivity contribution in [2.24, 2.45) is 18.9 Å². The van der Waals surface area contributed by atoms with E-state index in [2.05, 4.69) is 15.0 Å². The molecule has 0 amide bonds. The van der Waals surface area contributed by atoms with Crippen LogP contribution in [0.3, 0.4) is 0 Å². The normalized spacial score (nSPS) is 23.0. The standard InChI is InChI=1S/C23H25FN4O2/c1-15-4-3-5-22(26-15)30-13-17-12-28(11-16-9-25-27(2)10-16)23-19-8-18(24)6-7-21(19)29-14-20(17)23/h3-10,17,20,23H,11-14H2,1-2H3/t17-,20-,23-/m0/s1. The van der Waals surface area contributed by atoms with Crippen molar-refractivity contribution in [2.75, 3.05) is 19.8 Å². The van der Waals surface area contributed by atoms with Gasteiger partial charge in [-0.15, -0.1) is 0 Å². The van der Waals surface area contributed by atoms with Gasteiger partial charge in [0, 0.05) is 67.1 Å². The van der Waals surface area contributed by atoms with Crippen LogP contribution in [0.25, 0.3) is 0 Å². The van der Waals surface area contributed by atoms with Crippen LogP contribution in [0.4, 0.5) is 4.39 Å². The molecule has 3 atom stereocenters. The number of fused-ring (bicyclic) bond motifs is 3. The molecular weight excluding hydrogens is 383 g/mol. The van der Waals surface area contributed by atoms with Gasteiger partial charge in [-0.3, -0.25) is 9.58 Å². The highest BCUT2D eigenvalue weighted by atomic mass is 19.1. The SMILES string of the molecule is Cc1cccc(OC[C@@H]2CN(Cc3cnn(C)c3)[C@H]3c4cc(F)ccc4OC[C@@H]23)n1. The number of halogens is 1. The molecule has 0 saturated carbocycles. The number of rotatable bonds is 5. The molecule has 156 valence electrons. The summed E-state index contributed by atoms with van der Waals surface area (Å²) in [4.78, 5) is 6.85. The van der Waals surface area contributed by atoms with Crippen molar-refractivity contribution in [1.29, 1.82) is 0 Å². The molecule has 2 aliphatic rings. The summed E-state index contributed by atoms with van der Waals surface area (Å²) < 4.78 is 28.0. The van der Waals surface area contributed by atoms with E-state index in [0.717, 1.165) is 35.7 Å². The van der Waals surface area contributed by atoms with Crippen LogP contribution in [0.1, 0.15) is 22.9 Å². The maximum Gasteiger partial charge on any atom is 0.213 e. The highest BCUT2D eigenvalue weighted by Crippen LogP contribution is 2.48. The minimum absolute atomic E-state index is 0.0868. The number of likely N-dealkylation sites (tertiary alicyclic amines) is 1. The Kier molecular flexibility index (Phi) is 4.90. The van der Waals surface area contributed by atoms with Gasteiger partial charge < -0.3 is 9.47 Å². The van der Waals surface area contributed by atoms with Crippen LogP contribution in [0.2, 0.25) is 0 Å². The zero-order chi connectivity index (χ0) is 20.7. The van der Waals surface area contributed by atoms with E-state index < -0.39 is 0 Å². The Morgan fingerprint density at radius 3 is 2.97 bits per heavy atom. The summed E-state index contributed by atoms with van der Waals surface area (Å²) in [5.74, 6) is 1.66. The van der Waals surface area contributed by atoms with Crippen LogP contribution in [-0.2, 0) is 13.6 Å². The molecule has 1 saturated heterocycles. The van der Waals surface area contributed by atoms with E-state index in [-0.39, 0.29) is 23.7 Å². The molecule has 0 spiro atoms. The van der Waals surface area contributed by atoms with Gasteiger partial charge in [0.25, 0.3) is 0 Å². The first kappa shape index (κ1) is 19.1. The number of pyridine rings is 1. The van der Waals surface area contributed by atoms with E-state index in [1.54, 1.807) is 12.1 Å². The number of aromatic nitrogens is 3. The molecule has 6 nitrogen and oxygen atoms in total. The van der Waals surface area contributed by atoms with Crippen molar-refractivity contribution in [3.63, 3.8) is 0 Å². The Morgan fingerprint density at radius 1 is 1.27 bits per heavy atom. The van der Waals surface area contributed by atoms with E-state index in [0.29, 0.717) is 19.1 Å². The van der Waals surface area contributed by atoms with E-state index in [1.807, 2.05) is 49.2 Å². The van der Waals surface area contributed by atoms with Gasteiger partial charge in [0.1, 0.15) is 11.6 Å². The van der Waals surface area contributed by atoms with Crippen LogP contribution in [0.5, 0.6) is 11.6 Å². The molecule has 1 aromatic carbocycles. The van der Waals surface area contributed by atoms with Gasteiger partial charge in [0.2, 0.25) is 5.88 Å². The van der Waals surface area contributed by atoms with Gasteiger partial charge in [0.05, 0.1) is 19.4 Å². The lowest BCUT2D eigenvalue weighted by Crippen LogP contribution is -2.32. The summed E-state index contributed by atoms with van der Waals surface area (Å²) in [5, 5.41) is 4.30. The largest absolute Gasteiger partial charge is 0.493 e. The van der Waals surface area contributed by atoms with E-state index in [9.17, 15) is 4.39 Å². The topological polar surface area (TPSA) is 52.4 Å². The van der Waals surface area contributed by atoms with Crippen molar-refractivity contribution < 1.29 is 13.9 Å². The molecule has 0 N–H and O–H groups in total. The molecule has 7 heteroatoms. The smallest absolute Gasteiger partial charge is 0.213 e. The lowest BCUT2D eigenvalue weighted by molar-refractivity contribution is 0.121. The lowest BCUT2D eigenvalue weighted by atomic mass is 9.85. The summed E-state index contributed by atoms with van der Waals surface area (Å²) in [6.07, 6.45) is 3.92. The highest BCUT2D eigenvalue weighted by Gasteiger charge is 2.46. The van der Waals surface area contributed by atoms with Gasteiger partial charge in [-0.05, 0) is 31.2 Å². The van der Waals surface area contributed by atoms with Crippen LogP contribution < -0.4 is 9.47 Å². The third-order valence-electron chi connectivity index (χ3n) is 6.05. The first-order chi connectivity index (χ1) is 14.6. The quantitative estimate of drug-likeness (QED) is 0.647. The number of hydrogen-bond acceptors (Lipinski definition) is 5. The molecule has 2 aliphatic heterocycles. The Hall–Kier alpha value is -2.93. The molecule has 0 bridgehead atoms. The molecule has 5 rings (SSSR count). The molecule has 30 heavy (non-hydrogen) atoms. The van der Waals surface area contributed by atoms with Crippen LogP contribution in [-0.4, -0.2) is 39.4 Å². The van der Waals surface area contributed by atoms with Crippen molar-refractivity contribution in [3.05, 3.63) is 71.4 Å². The van der Waals surface area contributed by atoms with Gasteiger partial charge in [-0.25, -0.2) is 9.37 Å². The van der Waals surface area contributed by atoms with E-state index in [4.69, 9.17) is 9.47 Å². The van der Waals surface area contributed by atoms with Crippen LogP contribution >= 0.6 is 0 Å². The maximum atomic E-state index is 14.1. The second-order valence-electron chi connectivity index (χ2n) is 8.24. The summed E-state index contributed by atoms with van der Waals surface area (Å²) in [6.45, 7) is 4.70. The minimum Gasteiger partial charge on any atom is -0.493 e. The second kappa shape index (κ2) is 7.72. The maximum absolute atomic E-state index is 14.1. The summed E-state index contributed by atoms with van der Waals surface area (Å²) >= 11 is 0. The molecule has 1 fully saturated rings. The predicted octanol–water partition coefficient (Wildman–Crippen LogP) is 3.52. The molecule has 3 aromatic rings. The van der Waals surface area contributed by atoms with Crippen molar-refractivity contribution in [1.82, 2.24) is 19.7 Å². The first-order valence-electron chi connectivity index (χ1n) is 10.3. The number of ether oxygens (including phenoxy) is 2. The van der Waals surface area contributed by atoms with Crippen molar-refractivity contribution >= 4 is 0 Å². The van der Waals surface area contributed by atoms with Gasteiger partial charge in [-0.1, -0.05) is 6.07 Å². The fourth-order valence-corrected chi connectivity index (χ4v) is 4.72. The van der Waals surface area contributed by atoms with Crippen LogP contribution in [0.15, 0.2) is 48.8 Å². The summed E-state index contributed by atoms with van der Waals surface area (Å²) in [6, 6.07) is 10.7. The van der Waals surface area contributed by atoms with E-state index in [1.165, 1.54) is 6.07 Å². The summed E-state index contributed by atoms with van der Waals surface area (Å²) in [7, 11) is 1.92. The van der Waals surface area contributed by atoms with Gasteiger partial charge in [-0.2, -0.15) is 5.10 Å². The monoisotopic (exact) mass is 408 g/mol. The summed E-state index contributed by atoms with van der Waals surface area (Å²) in [5.41, 5.74) is 2.99. The third-order valence-corrected chi connectivity index (χ3v) is 6.05. The third kappa shape index (κ3) is 3.65. The molecule has 0 aliphatic carbocycles. The Morgan fingerprint density at radius 2 is 2.17 bits per heavy atom. The fourth-order valence-electron chi connectivity index (χ4n) is 4.72. The van der Waals surface area contributed by atoms with Gasteiger partial charge in [0.15, 0.2) is 0 Å². The number of nitrogens with zero attached hydrogens (tertiary/aromatic N) is 4. The number of aryl methyl sites for hydroxylation is 2. The Bertz CT molecular complexity index is 1050. The molecule has 0 radical (unpaired) electrons.